The van der Waals surface area contributed by atoms with Gasteiger partial charge in [0.25, 0.3) is 5.91 Å². The highest BCUT2D eigenvalue weighted by atomic mass is 16.2. The van der Waals surface area contributed by atoms with E-state index in [0.717, 1.165) is 37.3 Å². The van der Waals surface area contributed by atoms with Crippen LogP contribution in [-0.4, -0.2) is 45.5 Å². The smallest absolute Gasteiger partial charge is 0.253 e. The SMILES string of the molecule is CCCCC(NC(=O)c1ccc2nncn2c1)C(=O)Nc1cccc(N2CCCC2)c1. The second-order valence-corrected chi connectivity index (χ2v) is 7.92. The average Bonchev–Trinajstić information content (AvgIpc) is 3.48. The fourth-order valence-corrected chi connectivity index (χ4v) is 3.87. The molecular weight excluding hydrogens is 392 g/mol. The quantitative estimate of drug-likeness (QED) is 0.584. The predicted octanol–water partition coefficient (Wildman–Crippen LogP) is 3.26. The Kier molecular flexibility index (Phi) is 6.45. The Morgan fingerprint density at radius 2 is 2.00 bits per heavy atom. The lowest BCUT2D eigenvalue weighted by molar-refractivity contribution is -0.118. The summed E-state index contributed by atoms with van der Waals surface area (Å²) >= 11 is 0. The van der Waals surface area contributed by atoms with Gasteiger partial charge in [0.2, 0.25) is 5.91 Å². The van der Waals surface area contributed by atoms with Crippen molar-refractivity contribution >= 4 is 28.8 Å². The van der Waals surface area contributed by atoms with Crippen LogP contribution in [0.3, 0.4) is 0 Å². The summed E-state index contributed by atoms with van der Waals surface area (Å²) in [6, 6.07) is 10.7. The van der Waals surface area contributed by atoms with Crippen molar-refractivity contribution in [3.05, 3.63) is 54.5 Å². The molecule has 1 saturated heterocycles. The average molecular weight is 421 g/mol. The van der Waals surface area contributed by atoms with Gasteiger partial charge < -0.3 is 15.5 Å². The fourth-order valence-electron chi connectivity index (χ4n) is 3.87. The zero-order chi connectivity index (χ0) is 21.6. The lowest BCUT2D eigenvalue weighted by atomic mass is 10.1. The number of anilines is 2. The number of hydrogen-bond acceptors (Lipinski definition) is 5. The topological polar surface area (TPSA) is 91.6 Å². The summed E-state index contributed by atoms with van der Waals surface area (Å²) in [6.45, 7) is 4.16. The highest BCUT2D eigenvalue weighted by Gasteiger charge is 2.22. The first-order valence-electron chi connectivity index (χ1n) is 10.9. The molecule has 1 atom stereocenters. The first-order valence-corrected chi connectivity index (χ1v) is 10.9. The van der Waals surface area contributed by atoms with E-state index >= 15 is 0 Å². The van der Waals surface area contributed by atoms with Gasteiger partial charge in [0.15, 0.2) is 5.65 Å². The molecule has 31 heavy (non-hydrogen) atoms. The molecular formula is C23H28N6O2. The van der Waals surface area contributed by atoms with Crippen molar-refractivity contribution in [3.8, 4) is 0 Å². The van der Waals surface area contributed by atoms with Gasteiger partial charge in [0.1, 0.15) is 12.4 Å². The van der Waals surface area contributed by atoms with Gasteiger partial charge >= 0.3 is 0 Å². The van der Waals surface area contributed by atoms with E-state index in [1.165, 1.54) is 12.8 Å². The maximum absolute atomic E-state index is 13.0. The van der Waals surface area contributed by atoms with Gasteiger partial charge in [-0.15, -0.1) is 10.2 Å². The largest absolute Gasteiger partial charge is 0.371 e. The number of nitrogens with zero attached hydrogens (tertiary/aromatic N) is 4. The Labute approximate surface area is 181 Å². The van der Waals surface area contributed by atoms with Gasteiger partial charge in [-0.3, -0.25) is 14.0 Å². The van der Waals surface area contributed by atoms with Crippen LogP contribution < -0.4 is 15.5 Å². The predicted molar refractivity (Wildman–Crippen MR) is 120 cm³/mol. The van der Waals surface area contributed by atoms with Crippen molar-refractivity contribution < 1.29 is 9.59 Å². The van der Waals surface area contributed by atoms with Crippen LogP contribution in [0.2, 0.25) is 0 Å². The molecule has 3 heterocycles. The first kappa shape index (κ1) is 20.8. The molecule has 8 nitrogen and oxygen atoms in total. The number of aromatic nitrogens is 3. The fraction of sp³-hybridized carbons (Fsp3) is 0.391. The van der Waals surface area contributed by atoms with Crippen LogP contribution in [-0.2, 0) is 4.79 Å². The molecule has 0 radical (unpaired) electrons. The van der Waals surface area contributed by atoms with E-state index in [4.69, 9.17) is 0 Å². The molecule has 0 bridgehead atoms. The summed E-state index contributed by atoms with van der Waals surface area (Å²) in [6.07, 6.45) is 7.97. The summed E-state index contributed by atoms with van der Waals surface area (Å²) in [5.41, 5.74) is 2.98. The number of benzene rings is 1. The molecule has 0 aliphatic carbocycles. The van der Waals surface area contributed by atoms with Crippen molar-refractivity contribution in [2.75, 3.05) is 23.3 Å². The van der Waals surface area contributed by atoms with Crippen LogP contribution >= 0.6 is 0 Å². The Morgan fingerprint density at radius 3 is 2.81 bits per heavy atom. The van der Waals surface area contributed by atoms with Crippen LogP contribution in [0.25, 0.3) is 5.65 Å². The zero-order valence-corrected chi connectivity index (χ0v) is 17.8. The monoisotopic (exact) mass is 420 g/mol. The second-order valence-electron chi connectivity index (χ2n) is 7.92. The summed E-state index contributed by atoms with van der Waals surface area (Å²) in [5.74, 6) is -0.497. The molecule has 1 aliphatic rings. The molecule has 2 aromatic heterocycles. The normalized spacial score (nSPS) is 14.5. The number of pyridine rings is 1. The van der Waals surface area contributed by atoms with Gasteiger partial charge in [-0.05, 0) is 49.6 Å². The Balaban J connectivity index is 1.45. The lowest BCUT2D eigenvalue weighted by Crippen LogP contribution is -2.43. The molecule has 0 saturated carbocycles. The molecule has 1 fully saturated rings. The molecule has 1 unspecified atom stereocenters. The van der Waals surface area contributed by atoms with E-state index in [0.29, 0.717) is 17.6 Å². The number of unbranched alkanes of at least 4 members (excludes halogenated alkanes) is 1. The lowest BCUT2D eigenvalue weighted by Gasteiger charge is -2.21. The zero-order valence-electron chi connectivity index (χ0n) is 17.8. The molecule has 3 aromatic rings. The van der Waals surface area contributed by atoms with Crippen LogP contribution in [0, 0.1) is 0 Å². The van der Waals surface area contributed by atoms with Crippen molar-refractivity contribution in [2.24, 2.45) is 0 Å². The minimum absolute atomic E-state index is 0.203. The number of carbonyl (C=O) groups excluding carboxylic acids is 2. The summed E-state index contributed by atoms with van der Waals surface area (Å²) in [4.78, 5) is 28.2. The van der Waals surface area contributed by atoms with Crippen LogP contribution in [0.4, 0.5) is 11.4 Å². The van der Waals surface area contributed by atoms with Crippen LogP contribution in [0.5, 0.6) is 0 Å². The van der Waals surface area contributed by atoms with E-state index in [-0.39, 0.29) is 11.8 Å². The maximum atomic E-state index is 13.0. The van der Waals surface area contributed by atoms with Crippen molar-refractivity contribution in [3.63, 3.8) is 0 Å². The van der Waals surface area contributed by atoms with E-state index < -0.39 is 6.04 Å². The van der Waals surface area contributed by atoms with E-state index in [2.05, 4.69) is 38.7 Å². The molecule has 162 valence electrons. The highest BCUT2D eigenvalue weighted by Crippen LogP contribution is 2.23. The summed E-state index contributed by atoms with van der Waals surface area (Å²) in [5, 5.41) is 13.7. The Bertz CT molecular complexity index is 1060. The van der Waals surface area contributed by atoms with Gasteiger partial charge in [0, 0.05) is 30.7 Å². The van der Waals surface area contributed by atoms with Gasteiger partial charge in [-0.2, -0.15) is 0 Å². The number of fused-ring (bicyclic) bond motifs is 1. The third-order valence-corrected chi connectivity index (χ3v) is 5.61. The molecule has 4 rings (SSSR count). The summed E-state index contributed by atoms with van der Waals surface area (Å²) < 4.78 is 1.68. The number of amides is 2. The molecule has 0 spiro atoms. The number of nitrogens with one attached hydrogen (secondary N) is 2. The van der Waals surface area contributed by atoms with E-state index in [1.807, 2.05) is 18.2 Å². The Morgan fingerprint density at radius 1 is 1.16 bits per heavy atom. The molecule has 8 heteroatoms. The Hall–Kier alpha value is -3.42. The second kappa shape index (κ2) is 9.59. The van der Waals surface area contributed by atoms with Crippen molar-refractivity contribution in [1.82, 2.24) is 19.9 Å². The minimum Gasteiger partial charge on any atom is -0.371 e. The number of rotatable bonds is 8. The third kappa shape index (κ3) is 5.02. The van der Waals surface area contributed by atoms with E-state index in [1.54, 1.807) is 29.1 Å². The van der Waals surface area contributed by atoms with Crippen LogP contribution in [0.15, 0.2) is 48.9 Å². The third-order valence-electron chi connectivity index (χ3n) is 5.61. The standard InChI is InChI=1S/C23H28N6O2/c1-2-3-9-20(26-22(30)17-10-11-21-27-24-16-29(21)15-17)23(31)25-18-7-6-8-19(14-18)28-12-4-5-13-28/h6-8,10-11,14-16,20H,2-5,9,12-13H2,1H3,(H,25,31)(H,26,30). The van der Waals surface area contributed by atoms with Gasteiger partial charge in [0.05, 0.1) is 5.56 Å². The first-order chi connectivity index (χ1) is 15.1. The molecule has 2 N–H and O–H groups in total. The number of carbonyl (C=O) groups is 2. The molecule has 2 amide bonds. The number of hydrogen-bond donors (Lipinski definition) is 2. The molecule has 1 aliphatic heterocycles. The van der Waals surface area contributed by atoms with Crippen LogP contribution in [0.1, 0.15) is 49.4 Å². The highest BCUT2D eigenvalue weighted by molar-refractivity contribution is 6.01. The maximum Gasteiger partial charge on any atom is 0.253 e. The van der Waals surface area contributed by atoms with Gasteiger partial charge in [-0.1, -0.05) is 25.8 Å². The molecule has 1 aromatic carbocycles. The van der Waals surface area contributed by atoms with Crippen molar-refractivity contribution in [2.45, 2.75) is 45.1 Å². The van der Waals surface area contributed by atoms with Gasteiger partial charge in [-0.25, -0.2) is 0 Å². The summed E-state index contributed by atoms with van der Waals surface area (Å²) in [7, 11) is 0. The minimum atomic E-state index is -0.612. The van der Waals surface area contributed by atoms with E-state index in [9.17, 15) is 9.59 Å². The van der Waals surface area contributed by atoms with Crippen molar-refractivity contribution in [1.29, 1.82) is 0 Å².